The molecule has 1 saturated heterocycles. The third-order valence-electron chi connectivity index (χ3n) is 4.81. The van der Waals surface area contributed by atoms with E-state index in [4.69, 9.17) is 5.26 Å². The van der Waals surface area contributed by atoms with Crippen molar-refractivity contribution in [2.45, 2.75) is 18.9 Å². The predicted octanol–water partition coefficient (Wildman–Crippen LogP) is 1.92. The number of anilines is 1. The van der Waals surface area contributed by atoms with E-state index >= 15 is 0 Å². The number of amides is 1. The molecule has 0 spiro atoms. The third kappa shape index (κ3) is 3.26. The van der Waals surface area contributed by atoms with Crippen LogP contribution in [-0.4, -0.2) is 50.1 Å². The molecule has 6 heteroatoms. The van der Waals surface area contributed by atoms with Crippen molar-refractivity contribution in [1.82, 2.24) is 10.2 Å². The van der Waals surface area contributed by atoms with Crippen LogP contribution in [0.15, 0.2) is 29.8 Å². The number of hydrogen-bond acceptors (Lipinski definition) is 4. The van der Waals surface area contributed by atoms with Gasteiger partial charge in [-0.2, -0.15) is 5.26 Å². The van der Waals surface area contributed by atoms with Crippen LogP contribution in [0.4, 0.5) is 10.1 Å². The molecule has 0 saturated carbocycles. The monoisotopic (exact) mass is 328 g/mol. The number of nitrogens with zero attached hydrogens (tertiary/aromatic N) is 3. The maximum atomic E-state index is 14.3. The molecule has 0 radical (unpaired) electrons. The van der Waals surface area contributed by atoms with E-state index in [0.717, 1.165) is 44.6 Å². The van der Waals surface area contributed by atoms with Gasteiger partial charge in [0.1, 0.15) is 5.82 Å². The van der Waals surface area contributed by atoms with Crippen molar-refractivity contribution in [2.75, 3.05) is 38.1 Å². The lowest BCUT2D eigenvalue weighted by Gasteiger charge is -2.38. The van der Waals surface area contributed by atoms with Crippen LogP contribution in [0.25, 0.3) is 0 Å². The molecule has 1 aromatic carbocycles. The van der Waals surface area contributed by atoms with E-state index in [1.54, 1.807) is 12.1 Å². The number of nitriles is 1. The molecule has 1 fully saturated rings. The number of carbonyl (C=O) groups is 1. The van der Waals surface area contributed by atoms with Gasteiger partial charge in [0, 0.05) is 50.4 Å². The van der Waals surface area contributed by atoms with E-state index in [-0.39, 0.29) is 11.7 Å². The molecule has 1 aromatic rings. The Hall–Kier alpha value is -2.39. The van der Waals surface area contributed by atoms with Crippen molar-refractivity contribution < 1.29 is 9.18 Å². The molecule has 2 aliphatic rings. The van der Waals surface area contributed by atoms with E-state index < -0.39 is 0 Å². The largest absolute Gasteiger partial charge is 0.367 e. The topological polar surface area (TPSA) is 59.4 Å². The molecule has 0 bridgehead atoms. The highest BCUT2D eigenvalue weighted by Crippen LogP contribution is 2.26. The van der Waals surface area contributed by atoms with E-state index in [1.165, 1.54) is 13.1 Å². The number of carbonyl (C=O) groups excluding carboxylic acids is 1. The van der Waals surface area contributed by atoms with Gasteiger partial charge >= 0.3 is 0 Å². The van der Waals surface area contributed by atoms with Gasteiger partial charge in [-0.05, 0) is 31.0 Å². The van der Waals surface area contributed by atoms with Gasteiger partial charge in [-0.1, -0.05) is 6.08 Å². The molecule has 1 atom stereocenters. The summed E-state index contributed by atoms with van der Waals surface area (Å²) in [4.78, 5) is 15.9. The Kier molecular flexibility index (Phi) is 4.81. The maximum Gasteiger partial charge on any atom is 0.251 e. The summed E-state index contributed by atoms with van der Waals surface area (Å²) in [5, 5.41) is 11.5. The molecular weight excluding hydrogens is 307 g/mol. The standard InChI is InChI=1S/C18H21FN4O/c1-21-18(24)14-3-5-17(16(19)11-14)23-8-6-22(7-9-23)15-4-2-13(10-15)12-20/h3,5,10-11,15H,2,4,6-9H2,1H3,(H,21,24). The summed E-state index contributed by atoms with van der Waals surface area (Å²) in [6.07, 6.45) is 3.92. The minimum absolute atomic E-state index is 0.286. The zero-order valence-corrected chi connectivity index (χ0v) is 13.8. The van der Waals surface area contributed by atoms with Crippen LogP contribution in [0.5, 0.6) is 0 Å². The van der Waals surface area contributed by atoms with Crippen LogP contribution in [0.1, 0.15) is 23.2 Å². The van der Waals surface area contributed by atoms with Crippen molar-refractivity contribution in [3.8, 4) is 6.07 Å². The average Bonchev–Trinajstić information content (AvgIpc) is 3.10. The number of allylic oxidation sites excluding steroid dienone is 1. The second-order valence-corrected chi connectivity index (χ2v) is 6.18. The molecule has 126 valence electrons. The summed E-state index contributed by atoms with van der Waals surface area (Å²) in [6, 6.07) is 7.20. The summed E-state index contributed by atoms with van der Waals surface area (Å²) >= 11 is 0. The van der Waals surface area contributed by atoms with Gasteiger partial charge in [-0.3, -0.25) is 9.69 Å². The van der Waals surface area contributed by atoms with E-state index in [9.17, 15) is 9.18 Å². The number of piperazine rings is 1. The number of hydrogen-bond donors (Lipinski definition) is 1. The molecule has 1 heterocycles. The zero-order valence-electron chi connectivity index (χ0n) is 13.8. The van der Waals surface area contributed by atoms with Crippen molar-refractivity contribution in [3.63, 3.8) is 0 Å². The van der Waals surface area contributed by atoms with Crippen LogP contribution in [-0.2, 0) is 0 Å². The van der Waals surface area contributed by atoms with Crippen molar-refractivity contribution >= 4 is 11.6 Å². The number of benzene rings is 1. The van der Waals surface area contributed by atoms with Gasteiger partial charge in [0.25, 0.3) is 5.91 Å². The van der Waals surface area contributed by atoms with Gasteiger partial charge in [0.05, 0.1) is 11.8 Å². The normalized spacial score (nSPS) is 21.3. The Labute approximate surface area is 141 Å². The van der Waals surface area contributed by atoms with Crippen LogP contribution in [0.2, 0.25) is 0 Å². The second kappa shape index (κ2) is 7.02. The average molecular weight is 328 g/mol. The maximum absolute atomic E-state index is 14.3. The summed E-state index contributed by atoms with van der Waals surface area (Å²) in [5.41, 5.74) is 1.75. The number of nitrogens with one attached hydrogen (secondary N) is 1. The zero-order chi connectivity index (χ0) is 17.1. The summed E-state index contributed by atoms with van der Waals surface area (Å²) in [6.45, 7) is 3.16. The Morgan fingerprint density at radius 3 is 2.67 bits per heavy atom. The second-order valence-electron chi connectivity index (χ2n) is 6.18. The highest BCUT2D eigenvalue weighted by atomic mass is 19.1. The minimum Gasteiger partial charge on any atom is -0.367 e. The van der Waals surface area contributed by atoms with Crippen molar-refractivity contribution in [2.24, 2.45) is 0 Å². The first kappa shape index (κ1) is 16.5. The molecule has 1 amide bonds. The number of halogens is 1. The molecular formula is C18H21FN4O. The fourth-order valence-electron chi connectivity index (χ4n) is 3.43. The molecule has 5 nitrogen and oxygen atoms in total. The van der Waals surface area contributed by atoms with E-state index in [0.29, 0.717) is 17.3 Å². The lowest BCUT2D eigenvalue weighted by Crippen LogP contribution is -2.49. The first-order valence-electron chi connectivity index (χ1n) is 8.24. The van der Waals surface area contributed by atoms with Crippen LogP contribution in [0, 0.1) is 17.1 Å². The lowest BCUT2D eigenvalue weighted by molar-refractivity contribution is 0.0962. The third-order valence-corrected chi connectivity index (χ3v) is 4.81. The highest BCUT2D eigenvalue weighted by molar-refractivity contribution is 5.94. The van der Waals surface area contributed by atoms with Gasteiger partial charge in [0.15, 0.2) is 0 Å². The lowest BCUT2D eigenvalue weighted by atomic mass is 10.1. The Morgan fingerprint density at radius 2 is 2.08 bits per heavy atom. The molecule has 0 aromatic heterocycles. The molecule has 1 unspecified atom stereocenters. The molecule has 3 rings (SSSR count). The van der Waals surface area contributed by atoms with E-state index in [1.807, 2.05) is 4.90 Å². The van der Waals surface area contributed by atoms with Crippen LogP contribution >= 0.6 is 0 Å². The highest BCUT2D eigenvalue weighted by Gasteiger charge is 2.27. The summed E-state index contributed by atoms with van der Waals surface area (Å²) < 4.78 is 14.3. The Balaban J connectivity index is 1.64. The molecule has 1 aliphatic carbocycles. The molecule has 1 aliphatic heterocycles. The van der Waals surface area contributed by atoms with E-state index in [2.05, 4.69) is 22.4 Å². The van der Waals surface area contributed by atoms with Crippen molar-refractivity contribution in [3.05, 3.63) is 41.2 Å². The molecule has 1 N–H and O–H groups in total. The number of rotatable bonds is 3. The fourth-order valence-corrected chi connectivity index (χ4v) is 3.43. The minimum atomic E-state index is -0.364. The summed E-state index contributed by atoms with van der Waals surface area (Å²) in [7, 11) is 1.53. The smallest absolute Gasteiger partial charge is 0.251 e. The van der Waals surface area contributed by atoms with Gasteiger partial charge in [-0.15, -0.1) is 0 Å². The quantitative estimate of drug-likeness (QED) is 0.921. The van der Waals surface area contributed by atoms with Crippen LogP contribution in [0.3, 0.4) is 0 Å². The van der Waals surface area contributed by atoms with Gasteiger partial charge in [0.2, 0.25) is 0 Å². The van der Waals surface area contributed by atoms with Gasteiger partial charge in [-0.25, -0.2) is 4.39 Å². The Bertz CT molecular complexity index is 701. The summed E-state index contributed by atoms with van der Waals surface area (Å²) in [5.74, 6) is -0.649. The Morgan fingerprint density at radius 1 is 1.33 bits per heavy atom. The first-order chi connectivity index (χ1) is 11.6. The molecule has 24 heavy (non-hydrogen) atoms. The fraction of sp³-hybridized carbons (Fsp3) is 0.444. The van der Waals surface area contributed by atoms with Crippen LogP contribution < -0.4 is 10.2 Å². The predicted molar refractivity (Wildman–Crippen MR) is 90.3 cm³/mol. The SMILES string of the molecule is CNC(=O)c1ccc(N2CCN(C3C=C(C#N)CC3)CC2)c(F)c1. The van der Waals surface area contributed by atoms with Gasteiger partial charge < -0.3 is 10.2 Å². The first-order valence-corrected chi connectivity index (χ1v) is 8.24. The van der Waals surface area contributed by atoms with Crippen molar-refractivity contribution in [1.29, 1.82) is 5.26 Å².